The van der Waals surface area contributed by atoms with Gasteiger partial charge in [-0.25, -0.2) is 0 Å². The number of rotatable bonds is 6. The van der Waals surface area contributed by atoms with Gasteiger partial charge in [-0.1, -0.05) is 66.2 Å². The van der Waals surface area contributed by atoms with Gasteiger partial charge in [-0.2, -0.15) is 9.15 Å². The van der Waals surface area contributed by atoms with Crippen molar-refractivity contribution in [1.29, 1.82) is 0 Å². The number of anilines is 2. The number of aryl methyl sites for hydroxylation is 2. The summed E-state index contributed by atoms with van der Waals surface area (Å²) in [7, 11) is 4.24. The van der Waals surface area contributed by atoms with Crippen LogP contribution >= 0.6 is 23.6 Å². The highest BCUT2D eigenvalue weighted by Gasteiger charge is 2.25. The number of para-hydroxylation sites is 3. The minimum absolute atomic E-state index is 0.682. The number of hydrogen-bond acceptors (Lipinski definition) is 5. The molecule has 5 aromatic carbocycles. The maximum Gasteiger partial charge on any atom is 0.224 e. The molecule has 0 unspecified atom stereocenters. The van der Waals surface area contributed by atoms with E-state index < -0.39 is 0 Å². The predicted molar refractivity (Wildman–Crippen MR) is 191 cm³/mol. The van der Waals surface area contributed by atoms with Crippen molar-refractivity contribution in [2.75, 3.05) is 37.2 Å². The van der Waals surface area contributed by atoms with Crippen molar-refractivity contribution in [1.82, 2.24) is 0 Å². The molecule has 0 N–H and O–H groups in total. The zero-order valence-electron chi connectivity index (χ0n) is 26.4. The van der Waals surface area contributed by atoms with Gasteiger partial charge in [0.2, 0.25) is 24.7 Å². The quantitative estimate of drug-likeness (QED) is 0.0794. The third-order valence-corrected chi connectivity index (χ3v) is 8.64. The van der Waals surface area contributed by atoms with Gasteiger partial charge in [0.1, 0.15) is 0 Å². The lowest BCUT2D eigenvalue weighted by Gasteiger charge is -2.25. The van der Waals surface area contributed by atoms with Crippen LogP contribution in [-0.2, 0) is 4.33 Å². The standard InChI is InChI=1S/C22H21N2O2S.C16H16ClN2/c1-17-13-21(27-26-25-20-11-7-4-8-12-20)14-18-15-24(16-23(2)22(17)18)19-9-5-3-6-10-19;1-12-8-14(17)9-13-10-19(11-18(2)16(12)13)15-6-4-3-5-7-15/h3-15H,16H2,1-2H3;3-10H,11H2,1-2H3/q2*+1. The summed E-state index contributed by atoms with van der Waals surface area (Å²) in [5, 5.41) is 0.788. The van der Waals surface area contributed by atoms with E-state index in [1.807, 2.05) is 54.6 Å². The van der Waals surface area contributed by atoms with Crippen molar-refractivity contribution >= 4 is 58.8 Å². The summed E-state index contributed by atoms with van der Waals surface area (Å²) in [4.78, 5) is 10.9. The van der Waals surface area contributed by atoms with Gasteiger partial charge in [0.25, 0.3) is 0 Å². The molecule has 0 radical (unpaired) electrons. The summed E-state index contributed by atoms with van der Waals surface area (Å²) in [5.41, 5.74) is 9.64. The monoisotopic (exact) mass is 648 g/mol. The Morgan fingerprint density at radius 3 is 1.65 bits per heavy atom. The van der Waals surface area contributed by atoms with Gasteiger partial charge in [-0.3, -0.25) is 0 Å². The van der Waals surface area contributed by atoms with Gasteiger partial charge >= 0.3 is 0 Å². The zero-order chi connectivity index (χ0) is 32.0. The van der Waals surface area contributed by atoms with Crippen molar-refractivity contribution in [3.63, 3.8) is 0 Å². The van der Waals surface area contributed by atoms with E-state index in [1.165, 1.54) is 57.0 Å². The lowest BCUT2D eigenvalue weighted by atomic mass is 10.1. The van der Waals surface area contributed by atoms with E-state index in [0.29, 0.717) is 5.75 Å². The van der Waals surface area contributed by atoms with Crippen LogP contribution in [0.2, 0.25) is 5.02 Å². The van der Waals surface area contributed by atoms with Gasteiger partial charge < -0.3 is 14.7 Å². The Kier molecular flexibility index (Phi) is 9.73. The molecule has 0 saturated carbocycles. The molecule has 0 fully saturated rings. The molecule has 7 rings (SSSR count). The van der Waals surface area contributed by atoms with Crippen LogP contribution in [0.3, 0.4) is 0 Å². The molecule has 0 aromatic heterocycles. The Morgan fingerprint density at radius 2 is 1.11 bits per heavy atom. The average molecular weight is 649 g/mol. The summed E-state index contributed by atoms with van der Waals surface area (Å²) < 4.78 is 9.85. The van der Waals surface area contributed by atoms with Crippen LogP contribution in [0.1, 0.15) is 22.3 Å². The lowest BCUT2D eigenvalue weighted by Crippen LogP contribution is -2.32. The first-order valence-corrected chi connectivity index (χ1v) is 16.2. The van der Waals surface area contributed by atoms with Crippen LogP contribution < -0.4 is 14.7 Å². The second-order valence-corrected chi connectivity index (χ2v) is 12.6. The maximum atomic E-state index is 6.17. The molecule has 0 bridgehead atoms. The molecule has 0 aliphatic carbocycles. The summed E-state index contributed by atoms with van der Waals surface area (Å²) in [5.74, 6) is 0.682. The molecule has 8 heteroatoms. The second-order valence-electron chi connectivity index (χ2n) is 11.4. The van der Waals surface area contributed by atoms with E-state index in [2.05, 4.69) is 120 Å². The minimum atomic E-state index is 0.682. The first-order chi connectivity index (χ1) is 22.4. The molecular weight excluding hydrogens is 612 g/mol. The van der Waals surface area contributed by atoms with E-state index >= 15 is 0 Å². The fraction of sp³-hybridized carbons (Fsp3) is 0.158. The van der Waals surface area contributed by atoms with Crippen LogP contribution in [-0.4, -0.2) is 49.0 Å². The average Bonchev–Trinajstić information content (AvgIpc) is 3.05. The van der Waals surface area contributed by atoms with Crippen molar-refractivity contribution in [2.45, 2.75) is 18.7 Å². The predicted octanol–water partition coefficient (Wildman–Crippen LogP) is 9.00. The Labute approximate surface area is 280 Å². The Morgan fingerprint density at radius 1 is 0.630 bits per heavy atom. The molecule has 2 heterocycles. The van der Waals surface area contributed by atoms with Crippen molar-refractivity contribution < 1.29 is 18.4 Å². The highest BCUT2D eigenvalue weighted by atomic mass is 35.5. The Bertz CT molecular complexity index is 1880. The third kappa shape index (κ3) is 7.29. The first kappa shape index (κ1) is 31.4. The van der Waals surface area contributed by atoms with Gasteiger partial charge in [0, 0.05) is 48.3 Å². The number of hydrogen-bond donors (Lipinski definition) is 0. The number of fused-ring (bicyclic) bond motifs is 2. The van der Waals surface area contributed by atoms with Crippen LogP contribution in [0, 0.1) is 13.8 Å². The fourth-order valence-corrected chi connectivity index (χ4v) is 6.83. The molecule has 0 amide bonds. The Hall–Kier alpha value is -4.56. The third-order valence-electron chi connectivity index (χ3n) is 7.86. The van der Waals surface area contributed by atoms with Crippen molar-refractivity contribution in [2.24, 2.45) is 0 Å². The molecule has 5 aromatic rings. The van der Waals surface area contributed by atoms with E-state index in [-0.39, 0.29) is 0 Å². The number of halogens is 1. The number of nitrogens with zero attached hydrogens (tertiary/aromatic N) is 4. The van der Waals surface area contributed by atoms with Crippen molar-refractivity contribution in [3.05, 3.63) is 143 Å². The maximum absolute atomic E-state index is 6.17. The SMILES string of the molecule is Cc1cc(Cl)cc2c1N(C)C[N+](c1ccccc1)=C2.Cc1cc(SOOc2ccccc2)cc2c1N(C)C[N+](c1ccccc1)=C2. The van der Waals surface area contributed by atoms with Crippen molar-refractivity contribution in [3.8, 4) is 5.75 Å². The molecule has 0 saturated heterocycles. The van der Waals surface area contributed by atoms with E-state index in [4.69, 9.17) is 20.8 Å². The lowest BCUT2D eigenvalue weighted by molar-refractivity contribution is -0.435. The topological polar surface area (TPSA) is 31.0 Å². The molecule has 2 aliphatic rings. The van der Waals surface area contributed by atoms with Gasteiger partial charge in [0.15, 0.2) is 18.2 Å². The highest BCUT2D eigenvalue weighted by Crippen LogP contribution is 2.33. The van der Waals surface area contributed by atoms with Crippen LogP contribution in [0.4, 0.5) is 22.7 Å². The molecule has 0 spiro atoms. The van der Waals surface area contributed by atoms with Gasteiger partial charge in [-0.15, -0.1) is 4.33 Å². The molecule has 232 valence electrons. The molecule has 0 atom stereocenters. The normalized spacial score (nSPS) is 13.5. The summed E-state index contributed by atoms with van der Waals surface area (Å²) >= 11 is 7.39. The van der Waals surface area contributed by atoms with Gasteiger partial charge in [-0.05, 0) is 61.4 Å². The zero-order valence-corrected chi connectivity index (χ0v) is 28.0. The van der Waals surface area contributed by atoms with Crippen LogP contribution in [0.5, 0.6) is 5.75 Å². The summed E-state index contributed by atoms with van der Waals surface area (Å²) in [6.07, 6.45) is 4.36. The molecular formula is C38H37ClN4O2S+2. The van der Waals surface area contributed by atoms with E-state index in [1.54, 1.807) is 0 Å². The van der Waals surface area contributed by atoms with Gasteiger partial charge in [0.05, 0.1) is 34.5 Å². The summed E-state index contributed by atoms with van der Waals surface area (Å²) in [6.45, 7) is 5.90. The molecule has 46 heavy (non-hydrogen) atoms. The van der Waals surface area contributed by atoms with Crippen LogP contribution in [0.25, 0.3) is 0 Å². The summed E-state index contributed by atoms with van der Waals surface area (Å²) in [6, 6.07) is 38.6. The Balaban J connectivity index is 0.000000172. The first-order valence-electron chi connectivity index (χ1n) is 15.1. The smallest absolute Gasteiger partial charge is 0.224 e. The number of benzene rings is 5. The largest absolute Gasteiger partial charge is 0.325 e. The molecule has 2 aliphatic heterocycles. The minimum Gasteiger partial charge on any atom is -0.325 e. The highest BCUT2D eigenvalue weighted by molar-refractivity contribution is 7.94. The molecule has 6 nitrogen and oxygen atoms in total. The second kappa shape index (κ2) is 14.3. The van der Waals surface area contributed by atoms with E-state index in [0.717, 1.165) is 23.3 Å². The van der Waals surface area contributed by atoms with Crippen LogP contribution in [0.15, 0.2) is 120 Å². The fourth-order valence-electron chi connectivity index (χ4n) is 5.96. The van der Waals surface area contributed by atoms with E-state index in [9.17, 15) is 0 Å².